The molecule has 1 amide bonds. The van der Waals surface area contributed by atoms with Crippen molar-refractivity contribution >= 4 is 17.5 Å². The lowest BCUT2D eigenvalue weighted by molar-refractivity contribution is 0.0785. The van der Waals surface area contributed by atoms with Gasteiger partial charge < -0.3 is 10.0 Å². The Morgan fingerprint density at radius 1 is 1.16 bits per heavy atom. The Hall–Kier alpha value is -2.69. The molecule has 1 aliphatic rings. The largest absolute Gasteiger partial charge is 0.392 e. The first kappa shape index (κ1) is 21.5. The lowest BCUT2D eigenvalue weighted by Crippen LogP contribution is -2.29. The predicted molar refractivity (Wildman–Crippen MR) is 124 cm³/mol. The highest BCUT2D eigenvalue weighted by atomic mass is 35.5. The zero-order valence-corrected chi connectivity index (χ0v) is 18.7. The van der Waals surface area contributed by atoms with Gasteiger partial charge in [-0.2, -0.15) is 0 Å². The molecular formula is C26H27ClN2O2. The van der Waals surface area contributed by atoms with Crippen LogP contribution < -0.4 is 0 Å². The van der Waals surface area contributed by atoms with Crippen molar-refractivity contribution in [2.24, 2.45) is 0 Å². The van der Waals surface area contributed by atoms with E-state index in [0.717, 1.165) is 29.5 Å². The van der Waals surface area contributed by atoms with Gasteiger partial charge in [-0.1, -0.05) is 54.4 Å². The summed E-state index contributed by atoms with van der Waals surface area (Å²) in [7, 11) is 0. The zero-order chi connectivity index (χ0) is 22.0. The number of likely N-dealkylation sites (tertiary alicyclic amines) is 1. The number of carbonyl (C=O) groups is 1. The monoisotopic (exact) mass is 434 g/mol. The number of benzene rings is 2. The van der Waals surface area contributed by atoms with Crippen LogP contribution in [0, 0.1) is 6.92 Å². The molecule has 1 aliphatic heterocycles. The first-order valence-electron chi connectivity index (χ1n) is 10.7. The quantitative estimate of drug-likeness (QED) is 0.585. The second-order valence-electron chi connectivity index (χ2n) is 8.18. The molecule has 2 heterocycles. The topological polar surface area (TPSA) is 53.4 Å². The van der Waals surface area contributed by atoms with Crippen molar-refractivity contribution in [2.75, 3.05) is 13.1 Å². The molecule has 2 aromatic carbocycles. The number of aliphatic hydroxyl groups is 1. The number of nitrogens with zero attached hydrogens (tertiary/aromatic N) is 2. The van der Waals surface area contributed by atoms with E-state index in [1.54, 1.807) is 12.1 Å². The van der Waals surface area contributed by atoms with E-state index in [0.29, 0.717) is 23.8 Å². The van der Waals surface area contributed by atoms with Crippen LogP contribution in [-0.4, -0.2) is 34.0 Å². The van der Waals surface area contributed by atoms with Crippen LogP contribution in [0.3, 0.4) is 0 Å². The van der Waals surface area contributed by atoms with E-state index in [-0.39, 0.29) is 18.4 Å². The third-order valence-electron chi connectivity index (χ3n) is 6.13. The molecule has 5 heteroatoms. The standard InChI is InChI=1S/C26H27ClN2O2/c1-3-18-12-17(2)4-7-23(18)19-5-8-24(21(13-19)16-30)20-10-11-29(15-20)26(31)25-9-6-22(27)14-28-25/h4-9,12-14,20,30H,3,10-11,15-16H2,1-2H3. The summed E-state index contributed by atoms with van der Waals surface area (Å²) in [4.78, 5) is 18.8. The molecule has 31 heavy (non-hydrogen) atoms. The molecule has 1 N–H and O–H groups in total. The SMILES string of the molecule is CCc1cc(C)ccc1-c1ccc(C2CCN(C(=O)c3ccc(Cl)cn3)C2)c(CO)c1. The Kier molecular flexibility index (Phi) is 6.40. The van der Waals surface area contributed by atoms with E-state index < -0.39 is 0 Å². The van der Waals surface area contributed by atoms with Crippen molar-refractivity contribution in [3.05, 3.63) is 87.7 Å². The van der Waals surface area contributed by atoms with Crippen LogP contribution in [0.1, 0.15) is 52.0 Å². The second-order valence-corrected chi connectivity index (χ2v) is 8.62. The smallest absolute Gasteiger partial charge is 0.272 e. The molecule has 1 saturated heterocycles. The van der Waals surface area contributed by atoms with E-state index in [1.165, 1.54) is 22.9 Å². The molecule has 0 bridgehead atoms. The molecule has 1 aromatic heterocycles. The highest BCUT2D eigenvalue weighted by Crippen LogP contribution is 2.34. The number of hydrogen-bond donors (Lipinski definition) is 1. The Bertz CT molecular complexity index is 1100. The molecule has 1 fully saturated rings. The van der Waals surface area contributed by atoms with Gasteiger partial charge in [-0.05, 0) is 65.8 Å². The van der Waals surface area contributed by atoms with Gasteiger partial charge in [-0.15, -0.1) is 0 Å². The van der Waals surface area contributed by atoms with E-state index in [4.69, 9.17) is 11.6 Å². The molecule has 4 rings (SSSR count). The summed E-state index contributed by atoms with van der Waals surface area (Å²) < 4.78 is 0. The first-order chi connectivity index (χ1) is 15.0. The third-order valence-corrected chi connectivity index (χ3v) is 6.35. The van der Waals surface area contributed by atoms with E-state index in [2.05, 4.69) is 55.2 Å². The maximum absolute atomic E-state index is 12.8. The van der Waals surface area contributed by atoms with Gasteiger partial charge in [0.15, 0.2) is 0 Å². The highest BCUT2D eigenvalue weighted by Gasteiger charge is 2.29. The van der Waals surface area contributed by atoms with Crippen LogP contribution in [-0.2, 0) is 13.0 Å². The fraction of sp³-hybridized carbons (Fsp3) is 0.308. The minimum atomic E-state index is -0.0754. The van der Waals surface area contributed by atoms with Gasteiger partial charge in [-0.3, -0.25) is 4.79 Å². The van der Waals surface area contributed by atoms with Gasteiger partial charge in [-0.25, -0.2) is 4.98 Å². The van der Waals surface area contributed by atoms with Crippen LogP contribution in [0.15, 0.2) is 54.7 Å². The maximum Gasteiger partial charge on any atom is 0.272 e. The second kappa shape index (κ2) is 9.21. The van der Waals surface area contributed by atoms with Crippen LogP contribution in [0.4, 0.5) is 0 Å². The molecule has 0 saturated carbocycles. The van der Waals surface area contributed by atoms with Crippen molar-refractivity contribution in [3.8, 4) is 11.1 Å². The number of pyridine rings is 1. The number of carbonyl (C=O) groups excluding carboxylic acids is 1. The number of aryl methyl sites for hydroxylation is 2. The maximum atomic E-state index is 12.8. The van der Waals surface area contributed by atoms with Crippen LogP contribution in [0.2, 0.25) is 5.02 Å². The van der Waals surface area contributed by atoms with Gasteiger partial charge in [0.2, 0.25) is 0 Å². The Labute approximate surface area is 188 Å². The molecule has 160 valence electrons. The average Bonchev–Trinajstić information content (AvgIpc) is 3.28. The Balaban J connectivity index is 1.56. The van der Waals surface area contributed by atoms with Gasteiger partial charge >= 0.3 is 0 Å². The first-order valence-corrected chi connectivity index (χ1v) is 11.1. The molecule has 0 spiro atoms. The van der Waals surface area contributed by atoms with E-state index >= 15 is 0 Å². The number of amides is 1. The summed E-state index contributed by atoms with van der Waals surface area (Å²) in [6.07, 6.45) is 3.34. The summed E-state index contributed by atoms with van der Waals surface area (Å²) in [5, 5.41) is 10.6. The van der Waals surface area contributed by atoms with Gasteiger partial charge in [0, 0.05) is 25.2 Å². The lowest BCUT2D eigenvalue weighted by Gasteiger charge is -2.19. The number of rotatable bonds is 5. The number of aliphatic hydroxyl groups excluding tert-OH is 1. The van der Waals surface area contributed by atoms with Crippen molar-refractivity contribution in [3.63, 3.8) is 0 Å². The Morgan fingerprint density at radius 2 is 2.00 bits per heavy atom. The van der Waals surface area contributed by atoms with Crippen LogP contribution >= 0.6 is 11.6 Å². The molecule has 1 atom stereocenters. The molecular weight excluding hydrogens is 408 g/mol. The number of aromatic nitrogens is 1. The third kappa shape index (κ3) is 4.51. The van der Waals surface area contributed by atoms with Crippen molar-refractivity contribution < 1.29 is 9.90 Å². The molecule has 4 nitrogen and oxygen atoms in total. The lowest BCUT2D eigenvalue weighted by atomic mass is 9.89. The summed E-state index contributed by atoms with van der Waals surface area (Å²) in [5.74, 6) is 0.129. The van der Waals surface area contributed by atoms with E-state index in [1.807, 2.05) is 4.90 Å². The molecule has 0 radical (unpaired) electrons. The summed E-state index contributed by atoms with van der Waals surface area (Å²) in [5.41, 5.74) is 7.37. The van der Waals surface area contributed by atoms with Crippen molar-refractivity contribution in [1.29, 1.82) is 0 Å². The van der Waals surface area contributed by atoms with Crippen molar-refractivity contribution in [1.82, 2.24) is 9.88 Å². The zero-order valence-electron chi connectivity index (χ0n) is 17.9. The number of hydrogen-bond acceptors (Lipinski definition) is 3. The Morgan fingerprint density at radius 3 is 2.71 bits per heavy atom. The normalized spacial score (nSPS) is 16.0. The molecule has 1 unspecified atom stereocenters. The molecule has 0 aliphatic carbocycles. The minimum Gasteiger partial charge on any atom is -0.392 e. The fourth-order valence-electron chi connectivity index (χ4n) is 4.47. The van der Waals surface area contributed by atoms with Gasteiger partial charge in [0.1, 0.15) is 5.69 Å². The van der Waals surface area contributed by atoms with E-state index in [9.17, 15) is 9.90 Å². The summed E-state index contributed by atoms with van der Waals surface area (Å²) >= 11 is 5.89. The fourth-order valence-corrected chi connectivity index (χ4v) is 4.58. The van der Waals surface area contributed by atoms with Crippen LogP contribution in [0.25, 0.3) is 11.1 Å². The minimum absolute atomic E-state index is 0.0142. The summed E-state index contributed by atoms with van der Waals surface area (Å²) in [6, 6.07) is 16.2. The average molecular weight is 435 g/mol. The van der Waals surface area contributed by atoms with Gasteiger partial charge in [0.25, 0.3) is 5.91 Å². The number of halogens is 1. The predicted octanol–water partition coefficient (Wildman–Crippen LogP) is 5.39. The van der Waals surface area contributed by atoms with Gasteiger partial charge in [0.05, 0.1) is 11.6 Å². The van der Waals surface area contributed by atoms with Crippen LogP contribution in [0.5, 0.6) is 0 Å². The summed E-state index contributed by atoms with van der Waals surface area (Å²) in [6.45, 7) is 5.56. The van der Waals surface area contributed by atoms with Crippen molar-refractivity contribution in [2.45, 2.75) is 39.2 Å². The highest BCUT2D eigenvalue weighted by molar-refractivity contribution is 6.30. The molecule has 3 aromatic rings.